The maximum atomic E-state index is 12.4. The van der Waals surface area contributed by atoms with Crippen molar-refractivity contribution in [3.8, 4) is 0 Å². The van der Waals surface area contributed by atoms with Crippen LogP contribution < -0.4 is 5.32 Å². The van der Waals surface area contributed by atoms with Crippen molar-refractivity contribution in [2.75, 3.05) is 26.2 Å². The normalized spacial score (nSPS) is 24.6. The molecule has 2 rings (SSSR count). The molecular weight excluding hydrogens is 250 g/mol. The fourth-order valence-electron chi connectivity index (χ4n) is 2.57. The minimum Gasteiger partial charge on any atom is -0.480 e. The van der Waals surface area contributed by atoms with E-state index in [1.54, 1.807) is 0 Å². The molecule has 0 aromatic carbocycles. The quantitative estimate of drug-likeness (QED) is 0.693. The predicted molar refractivity (Wildman–Crippen MR) is 66.6 cm³/mol. The summed E-state index contributed by atoms with van der Waals surface area (Å²) in [7, 11) is 0. The standard InChI is InChI=1S/C12H19N3O4/c16-10-8-14(6-3-5-13-10)12(19)15-7-2-1-4-9(15)11(17)18/h9H,1-8H2,(H,13,16)(H,17,18). The Hall–Kier alpha value is -1.79. The molecule has 2 aliphatic heterocycles. The lowest BCUT2D eigenvalue weighted by Crippen LogP contribution is -2.54. The molecule has 1 atom stereocenters. The highest BCUT2D eigenvalue weighted by molar-refractivity contribution is 5.87. The van der Waals surface area contributed by atoms with Crippen LogP contribution in [0.4, 0.5) is 4.79 Å². The van der Waals surface area contributed by atoms with Crippen molar-refractivity contribution in [2.45, 2.75) is 31.7 Å². The lowest BCUT2D eigenvalue weighted by molar-refractivity contribution is -0.143. The summed E-state index contributed by atoms with van der Waals surface area (Å²) in [5, 5.41) is 11.9. The SMILES string of the molecule is O=C1CN(C(=O)N2CCCCC2C(=O)O)CCCN1. The Balaban J connectivity index is 2.07. The number of carboxylic acid groups (broad SMARTS) is 1. The van der Waals surface area contributed by atoms with Crippen LogP contribution in [-0.2, 0) is 9.59 Å². The molecule has 2 saturated heterocycles. The smallest absolute Gasteiger partial charge is 0.326 e. The summed E-state index contributed by atoms with van der Waals surface area (Å²) in [6.07, 6.45) is 2.82. The van der Waals surface area contributed by atoms with E-state index in [-0.39, 0.29) is 18.5 Å². The van der Waals surface area contributed by atoms with Gasteiger partial charge >= 0.3 is 12.0 Å². The zero-order chi connectivity index (χ0) is 13.8. The lowest BCUT2D eigenvalue weighted by atomic mass is 10.0. The van der Waals surface area contributed by atoms with Gasteiger partial charge in [0.1, 0.15) is 12.6 Å². The van der Waals surface area contributed by atoms with Crippen molar-refractivity contribution in [3.63, 3.8) is 0 Å². The van der Waals surface area contributed by atoms with Crippen LogP contribution in [0, 0.1) is 0 Å². The summed E-state index contributed by atoms with van der Waals surface area (Å²) in [4.78, 5) is 37.9. The Kier molecular flexibility index (Phi) is 4.24. The highest BCUT2D eigenvalue weighted by Crippen LogP contribution is 2.19. The molecule has 2 N–H and O–H groups in total. The molecule has 0 saturated carbocycles. The molecule has 19 heavy (non-hydrogen) atoms. The van der Waals surface area contributed by atoms with E-state index in [1.165, 1.54) is 9.80 Å². The molecule has 1 unspecified atom stereocenters. The average Bonchev–Trinajstić information content (AvgIpc) is 2.62. The van der Waals surface area contributed by atoms with Crippen LogP contribution in [0.3, 0.4) is 0 Å². The topological polar surface area (TPSA) is 90.0 Å². The summed E-state index contributed by atoms with van der Waals surface area (Å²) in [6.45, 7) is 1.51. The number of carbonyl (C=O) groups excluding carboxylic acids is 2. The van der Waals surface area contributed by atoms with E-state index in [2.05, 4.69) is 5.32 Å². The second-order valence-electron chi connectivity index (χ2n) is 4.95. The van der Waals surface area contributed by atoms with E-state index in [9.17, 15) is 19.5 Å². The third-order valence-corrected chi connectivity index (χ3v) is 3.57. The van der Waals surface area contributed by atoms with Crippen molar-refractivity contribution in [1.29, 1.82) is 0 Å². The molecule has 106 valence electrons. The number of carboxylic acids is 1. The molecule has 0 radical (unpaired) electrons. The summed E-state index contributed by atoms with van der Waals surface area (Å²) in [5.74, 6) is -1.15. The van der Waals surface area contributed by atoms with Gasteiger partial charge in [-0.3, -0.25) is 4.79 Å². The average molecular weight is 269 g/mol. The number of urea groups is 1. The number of carbonyl (C=O) groups is 3. The third-order valence-electron chi connectivity index (χ3n) is 3.57. The molecule has 7 heteroatoms. The van der Waals surface area contributed by atoms with Crippen LogP contribution in [0.2, 0.25) is 0 Å². The monoisotopic (exact) mass is 269 g/mol. The van der Waals surface area contributed by atoms with Gasteiger partial charge in [-0.05, 0) is 25.7 Å². The van der Waals surface area contributed by atoms with E-state index in [4.69, 9.17) is 0 Å². The molecule has 3 amide bonds. The lowest BCUT2D eigenvalue weighted by Gasteiger charge is -2.36. The Morgan fingerprint density at radius 2 is 2.00 bits per heavy atom. The van der Waals surface area contributed by atoms with Gasteiger partial charge in [0.15, 0.2) is 0 Å². The van der Waals surface area contributed by atoms with Gasteiger partial charge in [0.05, 0.1) is 0 Å². The first kappa shape index (κ1) is 13.6. The fraction of sp³-hybridized carbons (Fsp3) is 0.750. The van der Waals surface area contributed by atoms with E-state index in [1.807, 2.05) is 0 Å². The van der Waals surface area contributed by atoms with Crippen LogP contribution in [-0.4, -0.2) is 65.0 Å². The second-order valence-corrected chi connectivity index (χ2v) is 4.95. The molecular formula is C12H19N3O4. The van der Waals surface area contributed by atoms with Gasteiger partial charge in [0.25, 0.3) is 0 Å². The Morgan fingerprint density at radius 1 is 1.21 bits per heavy atom. The molecule has 0 bridgehead atoms. The number of hydrogen-bond acceptors (Lipinski definition) is 3. The number of piperidine rings is 1. The Morgan fingerprint density at radius 3 is 2.74 bits per heavy atom. The van der Waals surface area contributed by atoms with Crippen molar-refractivity contribution in [3.05, 3.63) is 0 Å². The van der Waals surface area contributed by atoms with Crippen LogP contribution in [0.5, 0.6) is 0 Å². The molecule has 2 fully saturated rings. The largest absolute Gasteiger partial charge is 0.480 e. The zero-order valence-corrected chi connectivity index (χ0v) is 10.8. The molecule has 2 aliphatic rings. The number of likely N-dealkylation sites (tertiary alicyclic amines) is 1. The van der Waals surface area contributed by atoms with Crippen molar-refractivity contribution in [2.24, 2.45) is 0 Å². The van der Waals surface area contributed by atoms with E-state index in [0.29, 0.717) is 32.5 Å². The van der Waals surface area contributed by atoms with E-state index < -0.39 is 12.0 Å². The number of hydrogen-bond donors (Lipinski definition) is 2. The minimum absolute atomic E-state index is 0.0155. The van der Waals surface area contributed by atoms with Crippen molar-refractivity contribution < 1.29 is 19.5 Å². The first-order valence-electron chi connectivity index (χ1n) is 6.64. The number of rotatable bonds is 1. The number of nitrogens with zero attached hydrogens (tertiary/aromatic N) is 2. The molecule has 0 aromatic rings. The number of amides is 3. The predicted octanol–water partition coefficient (Wildman–Crippen LogP) is -0.133. The van der Waals surface area contributed by atoms with E-state index in [0.717, 1.165) is 12.8 Å². The van der Waals surface area contributed by atoms with E-state index >= 15 is 0 Å². The number of nitrogens with one attached hydrogen (secondary N) is 1. The van der Waals surface area contributed by atoms with Gasteiger partial charge < -0.3 is 20.2 Å². The molecule has 2 heterocycles. The first-order valence-corrected chi connectivity index (χ1v) is 6.64. The zero-order valence-electron chi connectivity index (χ0n) is 10.8. The van der Waals surface area contributed by atoms with Crippen LogP contribution in [0.25, 0.3) is 0 Å². The first-order chi connectivity index (χ1) is 9.09. The fourth-order valence-corrected chi connectivity index (χ4v) is 2.57. The van der Waals surface area contributed by atoms with Gasteiger partial charge in [-0.15, -0.1) is 0 Å². The summed E-state index contributed by atoms with van der Waals surface area (Å²) in [5.41, 5.74) is 0. The third kappa shape index (κ3) is 3.15. The maximum absolute atomic E-state index is 12.4. The molecule has 0 aliphatic carbocycles. The van der Waals surface area contributed by atoms with Crippen molar-refractivity contribution >= 4 is 17.9 Å². The summed E-state index contributed by atoms with van der Waals surface area (Å²) in [6, 6.07) is -1.09. The van der Waals surface area contributed by atoms with Gasteiger partial charge in [0, 0.05) is 19.6 Å². The molecule has 0 aromatic heterocycles. The van der Waals surface area contributed by atoms with Gasteiger partial charge in [0.2, 0.25) is 5.91 Å². The van der Waals surface area contributed by atoms with Crippen LogP contribution in [0.1, 0.15) is 25.7 Å². The van der Waals surface area contributed by atoms with Crippen molar-refractivity contribution in [1.82, 2.24) is 15.1 Å². The second kappa shape index (κ2) is 5.90. The van der Waals surface area contributed by atoms with Crippen LogP contribution >= 0.6 is 0 Å². The highest BCUT2D eigenvalue weighted by Gasteiger charge is 2.35. The molecule has 7 nitrogen and oxygen atoms in total. The van der Waals surface area contributed by atoms with Crippen LogP contribution in [0.15, 0.2) is 0 Å². The van der Waals surface area contributed by atoms with Gasteiger partial charge in [-0.25, -0.2) is 9.59 Å². The summed E-state index contributed by atoms with van der Waals surface area (Å²) < 4.78 is 0. The Bertz CT molecular complexity index is 385. The molecule has 0 spiro atoms. The Labute approximate surface area is 111 Å². The maximum Gasteiger partial charge on any atom is 0.326 e. The van der Waals surface area contributed by atoms with Gasteiger partial charge in [-0.2, -0.15) is 0 Å². The van der Waals surface area contributed by atoms with Gasteiger partial charge in [-0.1, -0.05) is 0 Å². The number of aliphatic carboxylic acids is 1. The summed E-state index contributed by atoms with van der Waals surface area (Å²) >= 11 is 0. The minimum atomic E-state index is -0.965. The highest BCUT2D eigenvalue weighted by atomic mass is 16.4.